The first-order valence-electron chi connectivity index (χ1n) is 7.89. The summed E-state index contributed by atoms with van der Waals surface area (Å²) in [5.41, 5.74) is 5.69. The zero-order valence-electron chi connectivity index (χ0n) is 14.2. The summed E-state index contributed by atoms with van der Waals surface area (Å²) in [7, 11) is -3.05. The third kappa shape index (κ3) is 4.43. The molecule has 1 N–H and O–H groups in total. The number of hydrogen-bond acceptors (Lipinski definition) is 4. The standard InChI is InChI=1S/C16H25N3O3S/c1-11(2)9-19-12(3)7-15(13(19)4)8-17-18-16(20)14-5-6-23(21,22)10-14/h7-8,11,14H,5-6,9-10H2,1-4H3,(H,18,20)/b17-8-/t14-/m0/s1. The molecule has 7 heteroatoms. The lowest BCUT2D eigenvalue weighted by molar-refractivity contribution is -0.124. The Labute approximate surface area is 137 Å². The van der Waals surface area contributed by atoms with Crippen LogP contribution in [0.2, 0.25) is 0 Å². The molecule has 6 nitrogen and oxygen atoms in total. The van der Waals surface area contributed by atoms with E-state index < -0.39 is 15.8 Å². The van der Waals surface area contributed by atoms with Crippen molar-refractivity contribution in [3.8, 4) is 0 Å². The van der Waals surface area contributed by atoms with Gasteiger partial charge >= 0.3 is 0 Å². The minimum absolute atomic E-state index is 0.0722. The number of hydrazone groups is 1. The van der Waals surface area contributed by atoms with Crippen LogP contribution in [-0.4, -0.2) is 36.6 Å². The molecule has 23 heavy (non-hydrogen) atoms. The van der Waals surface area contributed by atoms with Crippen molar-refractivity contribution in [2.24, 2.45) is 16.9 Å². The molecule has 0 unspecified atom stereocenters. The van der Waals surface area contributed by atoms with Gasteiger partial charge in [-0.05, 0) is 32.3 Å². The molecule has 1 saturated heterocycles. The molecule has 0 bridgehead atoms. The molecule has 1 aromatic rings. The lowest BCUT2D eigenvalue weighted by Crippen LogP contribution is -2.27. The molecule has 0 aromatic carbocycles. The van der Waals surface area contributed by atoms with Crippen LogP contribution >= 0.6 is 0 Å². The minimum Gasteiger partial charge on any atom is -0.348 e. The summed E-state index contributed by atoms with van der Waals surface area (Å²) in [6.07, 6.45) is 2.01. The van der Waals surface area contributed by atoms with Crippen LogP contribution in [0.4, 0.5) is 0 Å². The zero-order valence-corrected chi connectivity index (χ0v) is 15.0. The SMILES string of the molecule is Cc1cc(/C=N\NC(=O)[C@H]2CCS(=O)(=O)C2)c(C)n1CC(C)C. The first-order chi connectivity index (χ1) is 10.7. The van der Waals surface area contributed by atoms with Crippen molar-refractivity contribution in [1.29, 1.82) is 0 Å². The number of carbonyl (C=O) groups is 1. The smallest absolute Gasteiger partial charge is 0.244 e. The molecule has 2 heterocycles. The molecule has 1 aliphatic rings. The van der Waals surface area contributed by atoms with Gasteiger partial charge < -0.3 is 4.57 Å². The summed E-state index contributed by atoms with van der Waals surface area (Å²) in [5, 5.41) is 4.00. The van der Waals surface area contributed by atoms with E-state index in [0.29, 0.717) is 12.3 Å². The van der Waals surface area contributed by atoms with E-state index in [2.05, 4.69) is 35.9 Å². The highest BCUT2D eigenvalue weighted by atomic mass is 32.2. The van der Waals surface area contributed by atoms with Gasteiger partial charge in [0.2, 0.25) is 5.91 Å². The third-order valence-electron chi connectivity index (χ3n) is 4.14. The van der Waals surface area contributed by atoms with Gasteiger partial charge in [-0.1, -0.05) is 13.8 Å². The van der Waals surface area contributed by atoms with Crippen molar-refractivity contribution in [2.45, 2.75) is 40.7 Å². The Balaban J connectivity index is 2.00. The monoisotopic (exact) mass is 339 g/mol. The summed E-state index contributed by atoms with van der Waals surface area (Å²) in [6.45, 7) is 9.36. The van der Waals surface area contributed by atoms with Crippen LogP contribution in [0, 0.1) is 25.7 Å². The van der Waals surface area contributed by atoms with Crippen LogP contribution in [0.3, 0.4) is 0 Å². The fourth-order valence-corrected chi connectivity index (χ4v) is 4.60. The van der Waals surface area contributed by atoms with Crippen molar-refractivity contribution in [3.05, 3.63) is 23.0 Å². The molecule has 0 saturated carbocycles. The van der Waals surface area contributed by atoms with Crippen molar-refractivity contribution in [1.82, 2.24) is 9.99 Å². The Bertz CT molecular complexity index is 717. The average Bonchev–Trinajstić information content (AvgIpc) is 2.93. The molecule has 0 radical (unpaired) electrons. The van der Waals surface area contributed by atoms with Crippen LogP contribution in [0.5, 0.6) is 0 Å². The lowest BCUT2D eigenvalue weighted by Gasteiger charge is -2.11. The maximum atomic E-state index is 11.9. The number of sulfone groups is 1. The van der Waals surface area contributed by atoms with Crippen LogP contribution in [-0.2, 0) is 21.2 Å². The Hall–Kier alpha value is -1.63. The predicted molar refractivity (Wildman–Crippen MR) is 91.2 cm³/mol. The number of carbonyl (C=O) groups excluding carboxylic acids is 1. The molecule has 1 amide bonds. The first kappa shape index (κ1) is 17.7. The Morgan fingerprint density at radius 3 is 2.74 bits per heavy atom. The van der Waals surface area contributed by atoms with E-state index in [9.17, 15) is 13.2 Å². The number of amides is 1. The van der Waals surface area contributed by atoms with E-state index >= 15 is 0 Å². The number of rotatable bonds is 5. The van der Waals surface area contributed by atoms with Crippen molar-refractivity contribution < 1.29 is 13.2 Å². The fraction of sp³-hybridized carbons (Fsp3) is 0.625. The van der Waals surface area contributed by atoms with E-state index in [0.717, 1.165) is 23.5 Å². The molecular weight excluding hydrogens is 314 g/mol. The molecule has 0 spiro atoms. The van der Waals surface area contributed by atoms with Gasteiger partial charge in [0.1, 0.15) is 0 Å². The summed E-state index contributed by atoms with van der Waals surface area (Å²) in [5.74, 6) is -0.236. The van der Waals surface area contributed by atoms with Gasteiger partial charge in [-0.15, -0.1) is 0 Å². The van der Waals surface area contributed by atoms with E-state index in [1.165, 1.54) is 0 Å². The minimum atomic E-state index is -3.05. The van der Waals surface area contributed by atoms with E-state index in [1.54, 1.807) is 6.21 Å². The second kappa shape index (κ2) is 6.86. The lowest BCUT2D eigenvalue weighted by atomic mass is 10.1. The number of nitrogens with zero attached hydrogens (tertiary/aromatic N) is 2. The summed E-state index contributed by atoms with van der Waals surface area (Å²) in [6, 6.07) is 2.04. The Kier molecular flexibility index (Phi) is 5.29. The molecule has 1 atom stereocenters. The molecule has 1 fully saturated rings. The number of hydrogen-bond donors (Lipinski definition) is 1. The molecule has 1 aromatic heterocycles. The predicted octanol–water partition coefficient (Wildman–Crippen LogP) is 1.65. The van der Waals surface area contributed by atoms with Gasteiger partial charge in [-0.25, -0.2) is 13.8 Å². The summed E-state index contributed by atoms with van der Waals surface area (Å²) < 4.78 is 25.0. The number of aryl methyl sites for hydroxylation is 1. The molecule has 2 rings (SSSR count). The quantitative estimate of drug-likeness (QED) is 0.654. The molecular formula is C16H25N3O3S. The maximum Gasteiger partial charge on any atom is 0.244 e. The number of aromatic nitrogens is 1. The van der Waals surface area contributed by atoms with Crippen LogP contribution in [0.1, 0.15) is 37.2 Å². The fourth-order valence-electron chi connectivity index (χ4n) is 2.86. The van der Waals surface area contributed by atoms with E-state index in [-0.39, 0.29) is 17.4 Å². The van der Waals surface area contributed by atoms with Crippen LogP contribution in [0.25, 0.3) is 0 Å². The van der Waals surface area contributed by atoms with Crippen molar-refractivity contribution in [3.63, 3.8) is 0 Å². The number of nitrogens with one attached hydrogen (secondary N) is 1. The van der Waals surface area contributed by atoms with Gasteiger partial charge in [0.15, 0.2) is 9.84 Å². The second-order valence-electron chi connectivity index (χ2n) is 6.67. The highest BCUT2D eigenvalue weighted by Gasteiger charge is 2.32. The largest absolute Gasteiger partial charge is 0.348 e. The van der Waals surface area contributed by atoms with E-state index in [1.807, 2.05) is 13.0 Å². The van der Waals surface area contributed by atoms with Gasteiger partial charge in [-0.2, -0.15) is 5.10 Å². The Morgan fingerprint density at radius 2 is 2.17 bits per heavy atom. The van der Waals surface area contributed by atoms with Crippen LogP contribution in [0.15, 0.2) is 11.2 Å². The van der Waals surface area contributed by atoms with Gasteiger partial charge in [0, 0.05) is 23.5 Å². The molecule has 0 aliphatic carbocycles. The van der Waals surface area contributed by atoms with Gasteiger partial charge in [0.25, 0.3) is 0 Å². The summed E-state index contributed by atoms with van der Waals surface area (Å²) >= 11 is 0. The highest BCUT2D eigenvalue weighted by molar-refractivity contribution is 7.91. The Morgan fingerprint density at radius 1 is 1.48 bits per heavy atom. The topological polar surface area (TPSA) is 80.5 Å². The first-order valence-corrected chi connectivity index (χ1v) is 9.72. The van der Waals surface area contributed by atoms with Gasteiger partial charge in [0.05, 0.1) is 23.6 Å². The normalized spacial score (nSPS) is 20.5. The van der Waals surface area contributed by atoms with Crippen LogP contribution < -0.4 is 5.43 Å². The molecule has 128 valence electrons. The van der Waals surface area contributed by atoms with Crippen molar-refractivity contribution in [2.75, 3.05) is 11.5 Å². The highest BCUT2D eigenvalue weighted by Crippen LogP contribution is 2.18. The average molecular weight is 339 g/mol. The molecule has 1 aliphatic heterocycles. The summed E-state index contributed by atoms with van der Waals surface area (Å²) in [4.78, 5) is 11.9. The zero-order chi connectivity index (χ0) is 17.2. The van der Waals surface area contributed by atoms with Gasteiger partial charge in [-0.3, -0.25) is 4.79 Å². The van der Waals surface area contributed by atoms with Crippen molar-refractivity contribution >= 4 is 22.0 Å². The maximum absolute atomic E-state index is 11.9. The third-order valence-corrected chi connectivity index (χ3v) is 5.91. The second-order valence-corrected chi connectivity index (χ2v) is 8.89. The van der Waals surface area contributed by atoms with E-state index in [4.69, 9.17) is 0 Å².